The standard InChI is InChI=1S/C21H21NO2.CH4N2O/c1-16-8-6-13-20(22-2)21(16)23-15-17-9-7-12-19(14-17)24-18-10-4-3-5-11-18;2-3-1-4/h3-14,22H,15H2,1-2H3;1H,2H2,(H,3,4). The lowest BCUT2D eigenvalue weighted by atomic mass is 10.2. The van der Waals surface area contributed by atoms with Gasteiger partial charge in [-0.3, -0.25) is 10.2 Å². The van der Waals surface area contributed by atoms with Gasteiger partial charge in [-0.2, -0.15) is 0 Å². The lowest BCUT2D eigenvalue weighted by molar-refractivity contribution is -0.109. The van der Waals surface area contributed by atoms with Crippen molar-refractivity contribution in [2.24, 2.45) is 5.84 Å². The minimum Gasteiger partial charge on any atom is -0.486 e. The van der Waals surface area contributed by atoms with E-state index in [0.29, 0.717) is 13.0 Å². The summed E-state index contributed by atoms with van der Waals surface area (Å²) in [5, 5.41) is 3.17. The predicted octanol–water partition coefficient (Wildman–Crippen LogP) is 4.01. The third-order valence-corrected chi connectivity index (χ3v) is 3.81. The normalized spacial score (nSPS) is 9.54. The second-order valence-corrected chi connectivity index (χ2v) is 5.84. The summed E-state index contributed by atoms with van der Waals surface area (Å²) in [5.41, 5.74) is 4.92. The first-order valence-corrected chi connectivity index (χ1v) is 8.79. The molecule has 6 nitrogen and oxygen atoms in total. The average Bonchev–Trinajstić information content (AvgIpc) is 2.74. The number of carbonyl (C=O) groups excluding carboxylic acids is 1. The number of hydrogen-bond acceptors (Lipinski definition) is 5. The quantitative estimate of drug-likeness (QED) is 0.250. The van der Waals surface area contributed by atoms with Crippen LogP contribution in [0.3, 0.4) is 0 Å². The summed E-state index contributed by atoms with van der Waals surface area (Å²) < 4.78 is 11.9. The number of nitrogens with two attached hydrogens (primary N) is 1. The number of para-hydroxylation sites is 2. The highest BCUT2D eigenvalue weighted by Gasteiger charge is 2.06. The zero-order chi connectivity index (χ0) is 20.2. The number of amides is 1. The van der Waals surface area contributed by atoms with Crippen LogP contribution in [0.2, 0.25) is 0 Å². The van der Waals surface area contributed by atoms with Crippen LogP contribution in [-0.2, 0) is 11.4 Å². The van der Waals surface area contributed by atoms with Crippen LogP contribution in [0, 0.1) is 6.92 Å². The van der Waals surface area contributed by atoms with E-state index in [4.69, 9.17) is 14.3 Å². The second-order valence-electron chi connectivity index (χ2n) is 5.84. The Balaban J connectivity index is 0.000000640. The maximum absolute atomic E-state index is 8.94. The number of ether oxygens (including phenoxy) is 2. The Morgan fingerprint density at radius 2 is 1.64 bits per heavy atom. The number of nitrogens with one attached hydrogen (secondary N) is 2. The van der Waals surface area contributed by atoms with Crippen molar-refractivity contribution in [1.29, 1.82) is 0 Å². The van der Waals surface area contributed by atoms with Gasteiger partial charge in [-0.05, 0) is 48.4 Å². The molecule has 28 heavy (non-hydrogen) atoms. The molecule has 0 bridgehead atoms. The highest BCUT2D eigenvalue weighted by Crippen LogP contribution is 2.29. The summed E-state index contributed by atoms with van der Waals surface area (Å²) in [6.45, 7) is 2.54. The molecule has 0 heterocycles. The molecule has 0 spiro atoms. The molecule has 6 heteroatoms. The third kappa shape index (κ3) is 6.34. The number of benzene rings is 3. The molecule has 0 aliphatic carbocycles. The molecule has 0 unspecified atom stereocenters. The van der Waals surface area contributed by atoms with E-state index >= 15 is 0 Å². The fraction of sp³-hybridized carbons (Fsp3) is 0.136. The van der Waals surface area contributed by atoms with Crippen molar-refractivity contribution >= 4 is 12.1 Å². The molecule has 3 aromatic carbocycles. The van der Waals surface area contributed by atoms with Gasteiger partial charge >= 0.3 is 0 Å². The molecule has 0 saturated carbocycles. The number of rotatable bonds is 7. The molecule has 0 aliphatic rings. The minimum absolute atomic E-state index is 0.403. The monoisotopic (exact) mass is 379 g/mol. The van der Waals surface area contributed by atoms with E-state index in [0.717, 1.165) is 34.1 Å². The highest BCUT2D eigenvalue weighted by molar-refractivity contribution is 5.59. The van der Waals surface area contributed by atoms with Crippen LogP contribution in [0.4, 0.5) is 5.69 Å². The molecule has 0 atom stereocenters. The van der Waals surface area contributed by atoms with Crippen LogP contribution in [-0.4, -0.2) is 13.5 Å². The van der Waals surface area contributed by atoms with Gasteiger partial charge in [0.15, 0.2) is 0 Å². The Kier molecular flexibility index (Phi) is 8.36. The first kappa shape index (κ1) is 20.8. The van der Waals surface area contributed by atoms with Crippen LogP contribution in [0.1, 0.15) is 11.1 Å². The lowest BCUT2D eigenvalue weighted by Crippen LogP contribution is -2.18. The Bertz CT molecular complexity index is 870. The molecule has 0 aromatic heterocycles. The van der Waals surface area contributed by atoms with Gasteiger partial charge in [-0.1, -0.05) is 42.5 Å². The predicted molar refractivity (Wildman–Crippen MR) is 111 cm³/mol. The molecule has 146 valence electrons. The Hall–Kier alpha value is -3.51. The molecule has 3 aromatic rings. The fourth-order valence-electron chi connectivity index (χ4n) is 2.52. The van der Waals surface area contributed by atoms with Crippen LogP contribution in [0.5, 0.6) is 17.2 Å². The summed E-state index contributed by atoms with van der Waals surface area (Å²) in [5.74, 6) is 6.93. The molecule has 0 saturated heterocycles. The van der Waals surface area contributed by atoms with Gasteiger partial charge in [0, 0.05) is 7.05 Å². The first-order valence-electron chi connectivity index (χ1n) is 8.79. The topological polar surface area (TPSA) is 85.6 Å². The van der Waals surface area contributed by atoms with Crippen molar-refractivity contribution < 1.29 is 14.3 Å². The zero-order valence-electron chi connectivity index (χ0n) is 16.0. The molecule has 0 aliphatic heterocycles. The van der Waals surface area contributed by atoms with Crippen molar-refractivity contribution in [2.75, 3.05) is 12.4 Å². The van der Waals surface area contributed by atoms with Gasteiger partial charge in [0.1, 0.15) is 23.9 Å². The molecule has 3 rings (SSSR count). The summed E-state index contributed by atoms with van der Waals surface area (Å²) in [7, 11) is 1.90. The van der Waals surface area contributed by atoms with E-state index in [9.17, 15) is 0 Å². The smallest absolute Gasteiger partial charge is 0.221 e. The van der Waals surface area contributed by atoms with Crippen molar-refractivity contribution in [1.82, 2.24) is 5.43 Å². The summed E-state index contributed by atoms with van der Waals surface area (Å²) in [6.07, 6.45) is 0.403. The van der Waals surface area contributed by atoms with Gasteiger partial charge in [0.05, 0.1) is 5.69 Å². The first-order chi connectivity index (χ1) is 13.7. The molecular formula is C22H25N3O3. The Morgan fingerprint density at radius 1 is 0.964 bits per heavy atom. The van der Waals surface area contributed by atoms with Gasteiger partial charge < -0.3 is 14.8 Å². The maximum Gasteiger partial charge on any atom is 0.221 e. The van der Waals surface area contributed by atoms with Gasteiger partial charge in [-0.15, -0.1) is 0 Å². The van der Waals surface area contributed by atoms with Crippen LogP contribution in [0.25, 0.3) is 0 Å². The van der Waals surface area contributed by atoms with Gasteiger partial charge in [0.25, 0.3) is 0 Å². The number of aryl methyl sites for hydroxylation is 1. The van der Waals surface area contributed by atoms with Crippen LogP contribution < -0.4 is 26.1 Å². The number of hydrogen-bond donors (Lipinski definition) is 3. The summed E-state index contributed by atoms with van der Waals surface area (Å²) >= 11 is 0. The minimum atomic E-state index is 0.403. The van der Waals surface area contributed by atoms with E-state index in [2.05, 4.69) is 11.2 Å². The largest absolute Gasteiger partial charge is 0.486 e. The third-order valence-electron chi connectivity index (χ3n) is 3.81. The molecule has 1 amide bonds. The molecular weight excluding hydrogens is 354 g/mol. The van der Waals surface area contributed by atoms with Crippen LogP contribution in [0.15, 0.2) is 72.8 Å². The van der Waals surface area contributed by atoms with Gasteiger partial charge in [-0.25, -0.2) is 5.84 Å². The van der Waals surface area contributed by atoms with Crippen molar-refractivity contribution in [2.45, 2.75) is 13.5 Å². The molecule has 0 fully saturated rings. The van der Waals surface area contributed by atoms with E-state index in [1.54, 1.807) is 5.43 Å². The zero-order valence-corrected chi connectivity index (χ0v) is 16.0. The van der Waals surface area contributed by atoms with Crippen molar-refractivity contribution in [3.63, 3.8) is 0 Å². The second kappa shape index (κ2) is 11.3. The molecule has 0 radical (unpaired) electrons. The highest BCUT2D eigenvalue weighted by atomic mass is 16.5. The van der Waals surface area contributed by atoms with Crippen LogP contribution >= 0.6 is 0 Å². The van der Waals surface area contributed by atoms with Crippen molar-refractivity contribution in [3.05, 3.63) is 83.9 Å². The summed E-state index contributed by atoms with van der Waals surface area (Å²) in [4.78, 5) is 8.94. The lowest BCUT2D eigenvalue weighted by Gasteiger charge is -2.14. The Labute approximate surface area is 165 Å². The average molecular weight is 379 g/mol. The van der Waals surface area contributed by atoms with E-state index in [1.807, 2.05) is 86.8 Å². The van der Waals surface area contributed by atoms with Crippen molar-refractivity contribution in [3.8, 4) is 17.2 Å². The number of hydrazine groups is 1. The van der Waals surface area contributed by atoms with E-state index in [-0.39, 0.29) is 0 Å². The number of carbonyl (C=O) groups is 1. The Morgan fingerprint density at radius 3 is 2.32 bits per heavy atom. The molecule has 4 N–H and O–H groups in total. The SMILES string of the molecule is CNc1cccc(C)c1OCc1cccc(Oc2ccccc2)c1.NNC=O. The van der Waals surface area contributed by atoms with E-state index < -0.39 is 0 Å². The maximum atomic E-state index is 8.94. The summed E-state index contributed by atoms with van der Waals surface area (Å²) in [6, 6.07) is 23.8. The van der Waals surface area contributed by atoms with Gasteiger partial charge in [0.2, 0.25) is 6.41 Å². The van der Waals surface area contributed by atoms with E-state index in [1.165, 1.54) is 0 Å². The fourth-order valence-corrected chi connectivity index (χ4v) is 2.52. The number of anilines is 1.